The molecule has 0 saturated heterocycles. The van der Waals surface area contributed by atoms with Gasteiger partial charge in [0.25, 0.3) is 0 Å². The van der Waals surface area contributed by atoms with Crippen molar-refractivity contribution < 1.29 is 19.1 Å². The van der Waals surface area contributed by atoms with Crippen LogP contribution in [-0.4, -0.2) is 60.1 Å². The second-order valence-electron chi connectivity index (χ2n) is 7.80. The topological polar surface area (TPSA) is 84.9 Å². The van der Waals surface area contributed by atoms with Crippen LogP contribution < -0.4 is 9.47 Å². The summed E-state index contributed by atoms with van der Waals surface area (Å²) in [6, 6.07) is 11.3. The third kappa shape index (κ3) is 4.60. The van der Waals surface area contributed by atoms with Gasteiger partial charge in [0, 0.05) is 51.4 Å². The highest BCUT2D eigenvalue weighted by atomic mass is 127. The third-order valence-electron chi connectivity index (χ3n) is 4.96. The summed E-state index contributed by atoms with van der Waals surface area (Å²) in [4.78, 5) is 37.2. The van der Waals surface area contributed by atoms with Gasteiger partial charge in [0.2, 0.25) is 0 Å². The van der Waals surface area contributed by atoms with Crippen LogP contribution >= 0.6 is 45.2 Å². The number of hydrogen-bond acceptors (Lipinski definition) is 6. The standard InChI is InChI=1S/C24H20I2N4O4/c1-29(2)23(31)33-21-15(25)11-13-7-5-9-27-19(13)17(21)18-20-14(8-6-10-28-20)12-16(26)22(18)34-24(32)30(3)4/h5-12H,1-4H3. The number of ether oxygens (including phenoxy) is 2. The molecule has 0 radical (unpaired) electrons. The maximum atomic E-state index is 12.6. The number of rotatable bonds is 3. The highest BCUT2D eigenvalue weighted by Gasteiger charge is 2.27. The molecule has 2 aromatic carbocycles. The molecule has 10 heteroatoms. The van der Waals surface area contributed by atoms with Gasteiger partial charge in [-0.25, -0.2) is 9.59 Å². The van der Waals surface area contributed by atoms with E-state index in [2.05, 4.69) is 55.1 Å². The largest absolute Gasteiger partial charge is 0.414 e. The summed E-state index contributed by atoms with van der Waals surface area (Å²) >= 11 is 4.27. The minimum Gasteiger partial charge on any atom is -0.408 e. The molecule has 0 unspecified atom stereocenters. The van der Waals surface area contributed by atoms with Crippen molar-refractivity contribution in [3.8, 4) is 22.6 Å². The Kier molecular flexibility index (Phi) is 7.07. The summed E-state index contributed by atoms with van der Waals surface area (Å²) in [6.45, 7) is 0. The van der Waals surface area contributed by atoms with Gasteiger partial charge >= 0.3 is 12.2 Å². The number of pyridine rings is 2. The molecule has 0 saturated carbocycles. The first-order valence-electron chi connectivity index (χ1n) is 10.1. The van der Waals surface area contributed by atoms with E-state index >= 15 is 0 Å². The van der Waals surface area contributed by atoms with E-state index in [-0.39, 0.29) is 0 Å². The molecule has 2 aromatic heterocycles. The summed E-state index contributed by atoms with van der Waals surface area (Å²) < 4.78 is 13.1. The van der Waals surface area contributed by atoms with Crippen LogP contribution in [0.3, 0.4) is 0 Å². The monoisotopic (exact) mass is 682 g/mol. The van der Waals surface area contributed by atoms with E-state index in [1.165, 1.54) is 9.80 Å². The molecular formula is C24H20I2N4O4. The molecule has 0 atom stereocenters. The fourth-order valence-corrected chi connectivity index (χ4v) is 4.80. The molecule has 8 nitrogen and oxygen atoms in total. The maximum absolute atomic E-state index is 12.6. The smallest absolute Gasteiger partial charge is 0.408 e. The zero-order valence-electron chi connectivity index (χ0n) is 18.8. The number of fused-ring (bicyclic) bond motifs is 2. The van der Waals surface area contributed by atoms with Crippen molar-refractivity contribution in [3.05, 3.63) is 55.9 Å². The Morgan fingerprint density at radius 2 is 1.12 bits per heavy atom. The van der Waals surface area contributed by atoms with E-state index in [1.807, 2.05) is 36.4 Å². The molecule has 2 amide bonds. The summed E-state index contributed by atoms with van der Waals surface area (Å²) in [5, 5.41) is 1.69. The summed E-state index contributed by atoms with van der Waals surface area (Å²) in [6.07, 6.45) is 2.27. The Balaban J connectivity index is 2.17. The lowest BCUT2D eigenvalue weighted by Gasteiger charge is -2.21. The van der Waals surface area contributed by atoms with Crippen molar-refractivity contribution >= 4 is 79.2 Å². The first kappa shape index (κ1) is 24.4. The van der Waals surface area contributed by atoms with Crippen molar-refractivity contribution in [2.24, 2.45) is 0 Å². The van der Waals surface area contributed by atoms with Gasteiger partial charge in [0.15, 0.2) is 11.5 Å². The molecule has 0 bridgehead atoms. The Bertz CT molecular complexity index is 1330. The predicted molar refractivity (Wildman–Crippen MR) is 147 cm³/mol. The van der Waals surface area contributed by atoms with Gasteiger partial charge in [-0.05, 0) is 69.4 Å². The predicted octanol–water partition coefficient (Wildman–Crippen LogP) is 5.78. The van der Waals surface area contributed by atoms with Gasteiger partial charge in [-0.1, -0.05) is 12.1 Å². The van der Waals surface area contributed by atoms with Crippen LogP contribution in [0.25, 0.3) is 32.9 Å². The Morgan fingerprint density at radius 3 is 1.47 bits per heavy atom. The van der Waals surface area contributed by atoms with Gasteiger partial charge in [0.05, 0.1) is 29.3 Å². The van der Waals surface area contributed by atoms with E-state index < -0.39 is 12.2 Å². The number of benzene rings is 2. The number of halogens is 2. The van der Waals surface area contributed by atoms with Crippen molar-refractivity contribution in [2.45, 2.75) is 0 Å². The first-order valence-corrected chi connectivity index (χ1v) is 12.3. The quantitative estimate of drug-likeness (QED) is 0.255. The Morgan fingerprint density at radius 1 is 0.735 bits per heavy atom. The summed E-state index contributed by atoms with van der Waals surface area (Å²) in [7, 11) is 6.45. The normalized spacial score (nSPS) is 10.9. The minimum atomic E-state index is -0.538. The molecule has 4 rings (SSSR count). The highest BCUT2D eigenvalue weighted by molar-refractivity contribution is 14.1. The van der Waals surface area contributed by atoms with Crippen LogP contribution in [-0.2, 0) is 0 Å². The lowest BCUT2D eigenvalue weighted by Crippen LogP contribution is -2.26. The molecule has 34 heavy (non-hydrogen) atoms. The molecule has 0 N–H and O–H groups in total. The minimum absolute atomic E-state index is 0.321. The highest BCUT2D eigenvalue weighted by Crippen LogP contribution is 2.48. The number of nitrogens with zero attached hydrogens (tertiary/aromatic N) is 4. The molecule has 0 aliphatic carbocycles. The summed E-state index contributed by atoms with van der Waals surface area (Å²) in [5.74, 6) is 0.642. The van der Waals surface area contributed by atoms with Crippen LogP contribution in [0.4, 0.5) is 9.59 Å². The SMILES string of the molecule is CN(C)C(=O)Oc1c(I)cc2cccnc2c1-c1c(OC(=O)N(C)C)c(I)cc2cccnc12. The van der Waals surface area contributed by atoms with Crippen LogP contribution in [0.2, 0.25) is 0 Å². The zero-order chi connectivity index (χ0) is 24.6. The Hall–Kier alpha value is -2.74. The number of aromatic nitrogens is 2. The molecule has 0 aliphatic rings. The molecule has 174 valence electrons. The maximum Gasteiger partial charge on any atom is 0.414 e. The number of amides is 2. The first-order chi connectivity index (χ1) is 16.2. The molecule has 0 spiro atoms. The van der Waals surface area contributed by atoms with Gasteiger partial charge in [-0.3, -0.25) is 9.97 Å². The number of carbonyl (C=O) groups is 2. The number of hydrogen-bond donors (Lipinski definition) is 0. The van der Waals surface area contributed by atoms with E-state index in [4.69, 9.17) is 9.47 Å². The molecular weight excluding hydrogens is 662 g/mol. The van der Waals surface area contributed by atoms with E-state index in [9.17, 15) is 9.59 Å². The molecule has 4 aromatic rings. The van der Waals surface area contributed by atoms with Crippen molar-refractivity contribution in [3.63, 3.8) is 0 Å². The van der Waals surface area contributed by atoms with Crippen molar-refractivity contribution in [2.75, 3.05) is 28.2 Å². The fraction of sp³-hybridized carbons (Fsp3) is 0.167. The molecule has 2 heterocycles. The van der Waals surface area contributed by atoms with E-state index in [1.54, 1.807) is 40.6 Å². The fourth-order valence-electron chi connectivity index (χ4n) is 3.36. The third-order valence-corrected chi connectivity index (χ3v) is 6.57. The second kappa shape index (κ2) is 9.86. The van der Waals surface area contributed by atoms with E-state index in [0.29, 0.717) is 40.8 Å². The van der Waals surface area contributed by atoms with Crippen molar-refractivity contribution in [1.82, 2.24) is 19.8 Å². The second-order valence-corrected chi connectivity index (χ2v) is 10.1. The van der Waals surface area contributed by atoms with Crippen LogP contribution in [0, 0.1) is 7.14 Å². The average molecular weight is 682 g/mol. The van der Waals surface area contributed by atoms with Crippen LogP contribution in [0.5, 0.6) is 11.5 Å². The van der Waals surface area contributed by atoms with Crippen LogP contribution in [0.15, 0.2) is 48.8 Å². The molecule has 0 fully saturated rings. The van der Waals surface area contributed by atoms with Gasteiger partial charge in [-0.2, -0.15) is 0 Å². The lowest BCUT2D eigenvalue weighted by atomic mass is 9.97. The number of carbonyl (C=O) groups excluding carboxylic acids is 2. The zero-order valence-corrected chi connectivity index (χ0v) is 23.1. The van der Waals surface area contributed by atoms with Crippen LogP contribution in [0.1, 0.15) is 0 Å². The van der Waals surface area contributed by atoms with E-state index in [0.717, 1.165) is 10.8 Å². The van der Waals surface area contributed by atoms with Gasteiger partial charge in [-0.15, -0.1) is 0 Å². The average Bonchev–Trinajstić information content (AvgIpc) is 2.80. The Labute approximate surface area is 223 Å². The summed E-state index contributed by atoms with van der Waals surface area (Å²) in [5.41, 5.74) is 2.25. The van der Waals surface area contributed by atoms with Gasteiger partial charge in [0.1, 0.15) is 0 Å². The molecule has 0 aliphatic heterocycles. The van der Waals surface area contributed by atoms with Gasteiger partial charge < -0.3 is 19.3 Å². The van der Waals surface area contributed by atoms with Crippen molar-refractivity contribution in [1.29, 1.82) is 0 Å². The lowest BCUT2D eigenvalue weighted by molar-refractivity contribution is 0.170.